The summed E-state index contributed by atoms with van der Waals surface area (Å²) >= 11 is 9.95. The maximum atomic E-state index is 6.43. The second-order valence-corrected chi connectivity index (χ2v) is 6.66. The van der Waals surface area contributed by atoms with Gasteiger partial charge < -0.3 is 5.32 Å². The highest BCUT2D eigenvalue weighted by Crippen LogP contribution is 2.40. The zero-order valence-corrected chi connectivity index (χ0v) is 13.4. The molecule has 18 heavy (non-hydrogen) atoms. The van der Waals surface area contributed by atoms with Gasteiger partial charge >= 0.3 is 0 Å². The minimum absolute atomic E-state index is 0.377. The van der Waals surface area contributed by atoms with Crippen LogP contribution in [0.15, 0.2) is 22.7 Å². The van der Waals surface area contributed by atoms with Crippen molar-refractivity contribution in [2.24, 2.45) is 11.8 Å². The number of nitrogens with one attached hydrogen (secondary N) is 1. The summed E-state index contributed by atoms with van der Waals surface area (Å²) in [7, 11) is 2.04. The molecule has 1 aliphatic carbocycles. The molecule has 1 aliphatic rings. The maximum absolute atomic E-state index is 6.43. The van der Waals surface area contributed by atoms with Crippen molar-refractivity contribution in [1.82, 2.24) is 5.32 Å². The fourth-order valence-electron chi connectivity index (χ4n) is 3.03. The van der Waals surface area contributed by atoms with E-state index in [9.17, 15) is 0 Å². The molecule has 0 aromatic heterocycles. The SMILES string of the molecule is CNC(c1cccc(Br)c1Cl)C1CCC(C)CC1. The van der Waals surface area contributed by atoms with Gasteiger partial charge in [-0.25, -0.2) is 0 Å². The van der Waals surface area contributed by atoms with Gasteiger partial charge in [0.1, 0.15) is 0 Å². The van der Waals surface area contributed by atoms with Gasteiger partial charge in [-0.2, -0.15) is 0 Å². The van der Waals surface area contributed by atoms with Crippen LogP contribution in [0.5, 0.6) is 0 Å². The average Bonchev–Trinajstić information content (AvgIpc) is 2.37. The minimum Gasteiger partial charge on any atom is -0.313 e. The maximum Gasteiger partial charge on any atom is 0.0595 e. The highest BCUT2D eigenvalue weighted by Gasteiger charge is 2.27. The fourth-order valence-corrected chi connectivity index (χ4v) is 3.65. The van der Waals surface area contributed by atoms with E-state index in [1.54, 1.807) is 0 Å². The molecule has 100 valence electrons. The van der Waals surface area contributed by atoms with E-state index < -0.39 is 0 Å². The van der Waals surface area contributed by atoms with Gasteiger partial charge in [-0.3, -0.25) is 0 Å². The van der Waals surface area contributed by atoms with Gasteiger partial charge in [-0.05, 0) is 59.3 Å². The van der Waals surface area contributed by atoms with Gasteiger partial charge in [0.05, 0.1) is 5.02 Å². The molecule has 0 bridgehead atoms. The first-order chi connectivity index (χ1) is 8.63. The van der Waals surface area contributed by atoms with Crippen LogP contribution >= 0.6 is 27.5 Å². The molecule has 3 heteroatoms. The summed E-state index contributed by atoms with van der Waals surface area (Å²) in [5.41, 5.74) is 1.23. The van der Waals surface area contributed by atoms with E-state index >= 15 is 0 Å². The van der Waals surface area contributed by atoms with Crippen LogP contribution in [0.2, 0.25) is 5.02 Å². The Bertz CT molecular complexity index is 399. The molecule has 1 unspecified atom stereocenters. The molecule has 1 atom stereocenters. The van der Waals surface area contributed by atoms with E-state index in [0.29, 0.717) is 12.0 Å². The summed E-state index contributed by atoms with van der Waals surface area (Å²) in [5, 5.41) is 4.32. The average molecular weight is 331 g/mol. The van der Waals surface area contributed by atoms with Gasteiger partial charge in [0, 0.05) is 10.5 Å². The van der Waals surface area contributed by atoms with Crippen LogP contribution in [0.3, 0.4) is 0 Å². The Labute approximate surface area is 123 Å². The highest BCUT2D eigenvalue weighted by molar-refractivity contribution is 9.10. The lowest BCUT2D eigenvalue weighted by atomic mass is 9.77. The minimum atomic E-state index is 0.377. The standard InChI is InChI=1S/C15H21BrClN/c1-10-6-8-11(9-7-10)15(18-2)12-4-3-5-13(16)14(12)17/h3-5,10-11,15,18H,6-9H2,1-2H3. The monoisotopic (exact) mass is 329 g/mol. The van der Waals surface area contributed by atoms with Crippen molar-refractivity contribution in [1.29, 1.82) is 0 Å². The number of hydrogen-bond acceptors (Lipinski definition) is 1. The van der Waals surface area contributed by atoms with Gasteiger partial charge in [0.2, 0.25) is 0 Å². The summed E-state index contributed by atoms with van der Waals surface area (Å²) in [6.45, 7) is 2.36. The van der Waals surface area contributed by atoms with Crippen LogP contribution in [-0.2, 0) is 0 Å². The van der Waals surface area contributed by atoms with Crippen LogP contribution in [0.1, 0.15) is 44.2 Å². The van der Waals surface area contributed by atoms with E-state index in [1.165, 1.54) is 31.2 Å². The van der Waals surface area contributed by atoms with Crippen LogP contribution in [0.25, 0.3) is 0 Å². The first-order valence-corrected chi connectivity index (χ1v) is 7.91. The number of benzene rings is 1. The van der Waals surface area contributed by atoms with E-state index in [2.05, 4.69) is 40.3 Å². The topological polar surface area (TPSA) is 12.0 Å². The van der Waals surface area contributed by atoms with Crippen molar-refractivity contribution < 1.29 is 0 Å². The van der Waals surface area contributed by atoms with Gasteiger partial charge in [-0.15, -0.1) is 0 Å². The second kappa shape index (κ2) is 6.40. The first-order valence-electron chi connectivity index (χ1n) is 6.74. The molecule has 0 radical (unpaired) electrons. The molecule has 1 fully saturated rings. The summed E-state index contributed by atoms with van der Waals surface area (Å²) in [4.78, 5) is 0. The van der Waals surface area contributed by atoms with Crippen molar-refractivity contribution in [3.63, 3.8) is 0 Å². The van der Waals surface area contributed by atoms with Crippen LogP contribution in [0, 0.1) is 11.8 Å². The molecule has 0 heterocycles. The Kier molecular flexibility index (Phi) is 5.11. The zero-order chi connectivity index (χ0) is 13.1. The molecule has 0 aliphatic heterocycles. The Morgan fingerprint density at radius 1 is 1.28 bits per heavy atom. The first kappa shape index (κ1) is 14.4. The lowest BCUT2D eigenvalue weighted by molar-refractivity contribution is 0.238. The molecule has 2 rings (SSSR count). The molecular weight excluding hydrogens is 310 g/mol. The lowest BCUT2D eigenvalue weighted by Gasteiger charge is -2.33. The molecule has 0 spiro atoms. The van der Waals surface area contributed by atoms with Gasteiger partial charge in [-0.1, -0.05) is 43.5 Å². The molecule has 0 saturated heterocycles. The summed E-state index contributed by atoms with van der Waals surface area (Å²) in [6.07, 6.45) is 5.29. The van der Waals surface area contributed by atoms with Gasteiger partial charge in [0.15, 0.2) is 0 Å². The van der Waals surface area contributed by atoms with Crippen molar-refractivity contribution in [3.8, 4) is 0 Å². The molecule has 1 saturated carbocycles. The lowest BCUT2D eigenvalue weighted by Crippen LogP contribution is -2.28. The molecular formula is C15H21BrClN. The molecule has 0 amide bonds. The van der Waals surface area contributed by atoms with E-state index in [1.807, 2.05) is 13.1 Å². The Morgan fingerprint density at radius 2 is 1.94 bits per heavy atom. The largest absolute Gasteiger partial charge is 0.313 e. The third kappa shape index (κ3) is 3.09. The summed E-state index contributed by atoms with van der Waals surface area (Å²) in [6, 6.07) is 6.59. The van der Waals surface area contributed by atoms with E-state index in [-0.39, 0.29) is 0 Å². The quantitative estimate of drug-likeness (QED) is 0.804. The summed E-state index contributed by atoms with van der Waals surface area (Å²) < 4.78 is 0.992. The number of rotatable bonds is 3. The second-order valence-electron chi connectivity index (χ2n) is 5.43. The Hall–Kier alpha value is -0.0500. The highest BCUT2D eigenvalue weighted by atomic mass is 79.9. The number of hydrogen-bond donors (Lipinski definition) is 1. The summed E-state index contributed by atoms with van der Waals surface area (Å²) in [5.74, 6) is 1.59. The predicted octanol–water partition coefficient (Wildman–Crippen LogP) is 5.19. The van der Waals surface area contributed by atoms with E-state index in [0.717, 1.165) is 15.4 Å². The molecule has 1 nitrogen and oxygen atoms in total. The van der Waals surface area contributed by atoms with Crippen molar-refractivity contribution in [3.05, 3.63) is 33.3 Å². The fraction of sp³-hybridized carbons (Fsp3) is 0.600. The zero-order valence-electron chi connectivity index (χ0n) is 11.0. The third-order valence-electron chi connectivity index (χ3n) is 4.16. The van der Waals surface area contributed by atoms with Crippen LogP contribution in [0.4, 0.5) is 0 Å². The Morgan fingerprint density at radius 3 is 2.56 bits per heavy atom. The third-order valence-corrected chi connectivity index (χ3v) is 5.47. The van der Waals surface area contributed by atoms with E-state index in [4.69, 9.17) is 11.6 Å². The van der Waals surface area contributed by atoms with Crippen LogP contribution in [-0.4, -0.2) is 7.05 Å². The predicted molar refractivity (Wildman–Crippen MR) is 82.1 cm³/mol. The van der Waals surface area contributed by atoms with Crippen molar-refractivity contribution in [2.45, 2.75) is 38.6 Å². The van der Waals surface area contributed by atoms with Crippen molar-refractivity contribution in [2.75, 3.05) is 7.05 Å². The molecule has 1 aromatic carbocycles. The smallest absolute Gasteiger partial charge is 0.0595 e. The van der Waals surface area contributed by atoms with Gasteiger partial charge in [0.25, 0.3) is 0 Å². The normalized spacial score (nSPS) is 26.0. The van der Waals surface area contributed by atoms with Crippen LogP contribution < -0.4 is 5.32 Å². The molecule has 1 N–H and O–H groups in total. The number of halogens is 2. The van der Waals surface area contributed by atoms with Crippen molar-refractivity contribution >= 4 is 27.5 Å². The Balaban J connectivity index is 2.20. The molecule has 1 aromatic rings.